The summed E-state index contributed by atoms with van der Waals surface area (Å²) in [6.07, 6.45) is 5.15. The van der Waals surface area contributed by atoms with E-state index in [2.05, 4.69) is 5.73 Å². The van der Waals surface area contributed by atoms with Crippen LogP contribution >= 0.6 is 7.14 Å². The lowest BCUT2D eigenvalue weighted by atomic mass is 9.96. The van der Waals surface area contributed by atoms with Crippen molar-refractivity contribution in [3.63, 3.8) is 0 Å². The van der Waals surface area contributed by atoms with Gasteiger partial charge in [0.1, 0.15) is 5.31 Å². The predicted octanol–water partition coefficient (Wildman–Crippen LogP) is 4.94. The first kappa shape index (κ1) is 19.4. The zero-order chi connectivity index (χ0) is 19.1. The zero-order valence-corrected chi connectivity index (χ0v) is 16.6. The fourth-order valence-corrected chi connectivity index (χ4v) is 6.05. The Morgan fingerprint density at radius 3 is 1.93 bits per heavy atom. The topological polar surface area (TPSA) is 43.4 Å². The van der Waals surface area contributed by atoms with Gasteiger partial charge >= 0.3 is 5.97 Å². The van der Waals surface area contributed by atoms with Crippen LogP contribution in [0.25, 0.3) is 0 Å². The van der Waals surface area contributed by atoms with E-state index in [4.69, 9.17) is 4.74 Å². The smallest absolute Gasteiger partial charge is 0.350 e. The normalized spacial score (nSPS) is 14.3. The maximum Gasteiger partial charge on any atom is 0.350 e. The molecule has 1 aliphatic carbocycles. The predicted molar refractivity (Wildman–Crippen MR) is 110 cm³/mol. The van der Waals surface area contributed by atoms with Crippen molar-refractivity contribution in [2.75, 3.05) is 6.61 Å². The third kappa shape index (κ3) is 4.33. The molecule has 0 heterocycles. The van der Waals surface area contributed by atoms with Crippen LogP contribution in [0.3, 0.4) is 0 Å². The molecule has 3 rings (SSSR count). The fourth-order valence-electron chi connectivity index (χ4n) is 3.41. The number of carbonyl (C=O) groups excluding carboxylic acids is 1. The van der Waals surface area contributed by atoms with Gasteiger partial charge < -0.3 is 9.30 Å². The van der Waals surface area contributed by atoms with Gasteiger partial charge in [0.2, 0.25) is 0 Å². The molecule has 0 bridgehead atoms. The monoisotopic (exact) mass is 380 g/mol. The lowest BCUT2D eigenvalue weighted by Crippen LogP contribution is -2.22. The molecule has 4 heteroatoms. The largest absolute Gasteiger partial charge is 0.462 e. The maximum atomic E-state index is 14.5. The first-order valence-electron chi connectivity index (χ1n) is 9.54. The Balaban J connectivity index is 2.28. The molecule has 0 unspecified atom stereocenters. The van der Waals surface area contributed by atoms with Gasteiger partial charge in [-0.15, -0.1) is 5.73 Å². The van der Waals surface area contributed by atoms with Crippen LogP contribution in [0, 0.1) is 0 Å². The maximum absolute atomic E-state index is 14.5. The van der Waals surface area contributed by atoms with Crippen LogP contribution in [-0.2, 0) is 14.1 Å². The highest BCUT2D eigenvalue weighted by molar-refractivity contribution is 7.83. The van der Waals surface area contributed by atoms with Crippen molar-refractivity contribution in [3.05, 3.63) is 77.3 Å². The minimum Gasteiger partial charge on any atom is -0.462 e. The van der Waals surface area contributed by atoms with E-state index in [0.29, 0.717) is 10.6 Å². The Hall–Kier alpha value is -2.34. The fraction of sp³-hybridized carbons (Fsp3) is 0.304. The minimum absolute atomic E-state index is 0.165. The van der Waals surface area contributed by atoms with Gasteiger partial charge in [-0.05, 0) is 38.2 Å². The molecular formula is C23H25O3P. The van der Waals surface area contributed by atoms with Crippen molar-refractivity contribution >= 4 is 23.7 Å². The second-order valence-electron chi connectivity index (χ2n) is 6.64. The number of esters is 1. The molecule has 2 aromatic carbocycles. The molecule has 0 N–H and O–H groups in total. The third-order valence-corrected chi connectivity index (χ3v) is 7.75. The molecule has 0 spiro atoms. The Labute approximate surface area is 161 Å². The minimum atomic E-state index is -3.38. The van der Waals surface area contributed by atoms with Gasteiger partial charge in [-0.3, -0.25) is 0 Å². The first-order valence-corrected chi connectivity index (χ1v) is 11.2. The Kier molecular flexibility index (Phi) is 6.50. The van der Waals surface area contributed by atoms with Gasteiger partial charge in [0.05, 0.1) is 6.61 Å². The molecule has 0 saturated heterocycles. The summed E-state index contributed by atoms with van der Waals surface area (Å²) in [5.41, 5.74) is 4.34. The second kappa shape index (κ2) is 9.04. The molecule has 1 aliphatic rings. The standard InChI is InChI=1S/C23H25O3P/c1-2-26-23(24)22(18-19-12-6-3-7-13-19)27(25,20-14-8-4-9-15-20)21-16-10-5-11-17-21/h4-5,8-11,14-17H,2-3,6-7,12-13H2,1H3. The first-order chi connectivity index (χ1) is 13.2. The van der Waals surface area contributed by atoms with Gasteiger partial charge in [-0.25, -0.2) is 4.79 Å². The third-order valence-electron chi connectivity index (χ3n) is 4.78. The van der Waals surface area contributed by atoms with Crippen LogP contribution in [0.4, 0.5) is 0 Å². The molecule has 1 fully saturated rings. The van der Waals surface area contributed by atoms with E-state index in [1.54, 1.807) is 6.92 Å². The quantitative estimate of drug-likeness (QED) is 0.319. The van der Waals surface area contributed by atoms with Crippen molar-refractivity contribution in [2.45, 2.75) is 39.0 Å². The zero-order valence-electron chi connectivity index (χ0n) is 15.7. The van der Waals surface area contributed by atoms with Crippen molar-refractivity contribution in [2.24, 2.45) is 0 Å². The van der Waals surface area contributed by atoms with Crippen LogP contribution in [-0.4, -0.2) is 12.6 Å². The Morgan fingerprint density at radius 2 is 1.44 bits per heavy atom. The van der Waals surface area contributed by atoms with Crippen LogP contribution in [0.1, 0.15) is 39.0 Å². The molecule has 0 atom stereocenters. The Morgan fingerprint density at radius 1 is 0.926 bits per heavy atom. The highest BCUT2D eigenvalue weighted by atomic mass is 31.2. The second-order valence-corrected chi connectivity index (χ2v) is 9.34. The van der Waals surface area contributed by atoms with Crippen molar-refractivity contribution < 1.29 is 14.1 Å². The average molecular weight is 380 g/mol. The summed E-state index contributed by atoms with van der Waals surface area (Å²) in [4.78, 5) is 12.9. The molecule has 3 nitrogen and oxygen atoms in total. The van der Waals surface area contributed by atoms with Crippen LogP contribution < -0.4 is 10.6 Å². The molecule has 0 radical (unpaired) electrons. The molecule has 0 aliphatic heterocycles. The van der Waals surface area contributed by atoms with E-state index in [1.807, 2.05) is 60.7 Å². The summed E-state index contributed by atoms with van der Waals surface area (Å²) < 4.78 is 19.8. The van der Waals surface area contributed by atoms with Crippen LogP contribution in [0.2, 0.25) is 0 Å². The van der Waals surface area contributed by atoms with E-state index >= 15 is 0 Å². The Bertz CT molecular complexity index is 842. The molecule has 140 valence electrons. The van der Waals surface area contributed by atoms with Gasteiger partial charge in [0, 0.05) is 10.6 Å². The highest BCUT2D eigenvalue weighted by Gasteiger charge is 2.37. The van der Waals surface area contributed by atoms with E-state index in [0.717, 1.165) is 31.3 Å². The number of rotatable bonds is 5. The van der Waals surface area contributed by atoms with E-state index < -0.39 is 13.1 Å². The number of benzene rings is 2. The molecule has 0 amide bonds. The average Bonchev–Trinajstić information content (AvgIpc) is 2.73. The van der Waals surface area contributed by atoms with Gasteiger partial charge in [0.25, 0.3) is 0 Å². The van der Waals surface area contributed by atoms with Crippen molar-refractivity contribution in [3.8, 4) is 0 Å². The summed E-state index contributed by atoms with van der Waals surface area (Å²) in [5, 5.41) is 1.42. The van der Waals surface area contributed by atoms with E-state index in [-0.39, 0.29) is 11.9 Å². The van der Waals surface area contributed by atoms with Gasteiger partial charge in [0.15, 0.2) is 7.14 Å². The van der Waals surface area contributed by atoms with Gasteiger partial charge in [-0.2, -0.15) is 0 Å². The molecule has 0 aromatic heterocycles. The lowest BCUT2D eigenvalue weighted by molar-refractivity contribution is -0.137. The van der Waals surface area contributed by atoms with Crippen LogP contribution in [0.5, 0.6) is 0 Å². The summed E-state index contributed by atoms with van der Waals surface area (Å²) in [5.74, 6) is -0.536. The summed E-state index contributed by atoms with van der Waals surface area (Å²) in [6, 6.07) is 18.4. The number of ether oxygens (including phenoxy) is 1. The number of carbonyl (C=O) groups is 1. The van der Waals surface area contributed by atoms with Crippen molar-refractivity contribution in [1.29, 1.82) is 0 Å². The highest BCUT2D eigenvalue weighted by Crippen LogP contribution is 2.52. The van der Waals surface area contributed by atoms with Crippen molar-refractivity contribution in [1.82, 2.24) is 0 Å². The molecule has 27 heavy (non-hydrogen) atoms. The lowest BCUT2D eigenvalue weighted by Gasteiger charge is -2.21. The number of hydrogen-bond acceptors (Lipinski definition) is 3. The van der Waals surface area contributed by atoms with E-state index in [1.165, 1.54) is 6.42 Å². The number of hydrogen-bond donors (Lipinski definition) is 0. The molecule has 2 aromatic rings. The molecular weight excluding hydrogens is 355 g/mol. The summed E-state index contributed by atoms with van der Waals surface area (Å²) in [7, 11) is -3.38. The SMILES string of the molecule is CCOC(=O)C(=C=C1CCCCC1)P(=O)(c1ccccc1)c1ccccc1. The summed E-state index contributed by atoms with van der Waals surface area (Å²) in [6.45, 7) is 2.00. The molecule has 1 saturated carbocycles. The van der Waals surface area contributed by atoms with Gasteiger partial charge in [-0.1, -0.05) is 67.1 Å². The van der Waals surface area contributed by atoms with Crippen LogP contribution in [0.15, 0.2) is 77.3 Å². The summed E-state index contributed by atoms with van der Waals surface area (Å²) >= 11 is 0. The van der Waals surface area contributed by atoms with E-state index in [9.17, 15) is 9.36 Å².